The van der Waals surface area contributed by atoms with E-state index in [2.05, 4.69) is 10.1 Å². The Morgan fingerprint density at radius 1 is 1.31 bits per heavy atom. The quantitative estimate of drug-likeness (QED) is 0.426. The number of aromatic nitrogens is 1. The highest BCUT2D eigenvalue weighted by Crippen LogP contribution is 2.38. The van der Waals surface area contributed by atoms with E-state index in [4.69, 9.17) is 11.6 Å². The van der Waals surface area contributed by atoms with Crippen molar-refractivity contribution in [2.45, 2.75) is 18.6 Å². The number of nitrogens with zero attached hydrogens (tertiary/aromatic N) is 3. The van der Waals surface area contributed by atoms with Crippen LogP contribution in [0.5, 0.6) is 0 Å². The van der Waals surface area contributed by atoms with Crippen molar-refractivity contribution in [3.05, 3.63) is 69.8 Å². The zero-order valence-electron chi connectivity index (χ0n) is 14.8. The van der Waals surface area contributed by atoms with Gasteiger partial charge in [-0.2, -0.15) is 5.10 Å². The van der Waals surface area contributed by atoms with Crippen LogP contribution in [0.1, 0.15) is 22.3 Å². The molecule has 0 aliphatic heterocycles. The molecule has 1 N–H and O–H groups in total. The first-order valence-corrected chi connectivity index (χ1v) is 9.90. The standard InChI is InChI=1S/C20H14ClF2N3O2S/c21-13-4-1-11(2-5-13)17-10-29-20(25-17)26(18-8-16(18)23)24-9-12-3-6-14(22)7-15(12)19(27)28/h1-7,9-10,16,18H,8H2,(H,27,28)/b24-9+. The topological polar surface area (TPSA) is 65.8 Å². The van der Waals surface area contributed by atoms with Gasteiger partial charge in [0.25, 0.3) is 0 Å². The third-order valence-corrected chi connectivity index (χ3v) is 5.47. The first-order chi connectivity index (χ1) is 13.9. The van der Waals surface area contributed by atoms with Gasteiger partial charge in [0.2, 0.25) is 5.13 Å². The number of carboxylic acids is 1. The van der Waals surface area contributed by atoms with Crippen molar-refractivity contribution in [1.29, 1.82) is 0 Å². The van der Waals surface area contributed by atoms with Crippen molar-refractivity contribution in [2.24, 2.45) is 5.10 Å². The first kappa shape index (κ1) is 19.5. The van der Waals surface area contributed by atoms with Gasteiger partial charge in [-0.3, -0.25) is 0 Å². The largest absolute Gasteiger partial charge is 0.478 e. The number of alkyl halides is 1. The maximum Gasteiger partial charge on any atom is 0.336 e. The van der Waals surface area contributed by atoms with Crippen molar-refractivity contribution < 1.29 is 18.7 Å². The first-order valence-electron chi connectivity index (χ1n) is 8.64. The molecule has 9 heteroatoms. The van der Waals surface area contributed by atoms with E-state index in [1.807, 2.05) is 17.5 Å². The van der Waals surface area contributed by atoms with Gasteiger partial charge in [-0.1, -0.05) is 23.7 Å². The summed E-state index contributed by atoms with van der Waals surface area (Å²) in [6, 6.07) is 10.1. The lowest BCUT2D eigenvalue weighted by Crippen LogP contribution is -2.21. The molecule has 1 fully saturated rings. The molecule has 1 aliphatic rings. The van der Waals surface area contributed by atoms with Crippen LogP contribution in [-0.4, -0.2) is 34.5 Å². The third-order valence-electron chi connectivity index (χ3n) is 4.39. The summed E-state index contributed by atoms with van der Waals surface area (Å²) in [5, 5.41) is 17.9. The van der Waals surface area contributed by atoms with Crippen LogP contribution in [0.4, 0.5) is 13.9 Å². The van der Waals surface area contributed by atoms with Gasteiger partial charge in [0.1, 0.15) is 12.0 Å². The molecule has 0 bridgehead atoms. The summed E-state index contributed by atoms with van der Waals surface area (Å²) in [7, 11) is 0. The van der Waals surface area contributed by atoms with E-state index < -0.39 is 24.0 Å². The molecule has 2 aromatic carbocycles. The fourth-order valence-corrected chi connectivity index (χ4v) is 3.73. The number of thiazole rings is 1. The number of benzene rings is 2. The number of anilines is 1. The minimum Gasteiger partial charge on any atom is -0.478 e. The predicted octanol–water partition coefficient (Wildman–Crippen LogP) is 5.25. The molecule has 0 spiro atoms. The van der Waals surface area contributed by atoms with E-state index in [1.165, 1.54) is 28.6 Å². The number of hydrogen-bond donors (Lipinski definition) is 1. The second kappa shape index (κ2) is 7.88. The van der Waals surface area contributed by atoms with Crippen LogP contribution in [0.25, 0.3) is 11.3 Å². The number of rotatable bonds is 6. The highest BCUT2D eigenvalue weighted by molar-refractivity contribution is 7.14. The molecule has 0 saturated heterocycles. The number of hydrogen-bond acceptors (Lipinski definition) is 5. The van der Waals surface area contributed by atoms with Crippen LogP contribution >= 0.6 is 22.9 Å². The summed E-state index contributed by atoms with van der Waals surface area (Å²) < 4.78 is 27.1. The Kier molecular flexibility index (Phi) is 5.29. The number of hydrazone groups is 1. The van der Waals surface area contributed by atoms with Gasteiger partial charge >= 0.3 is 5.97 Å². The summed E-state index contributed by atoms with van der Waals surface area (Å²) in [6.07, 6.45) is 0.557. The molecular weight excluding hydrogens is 420 g/mol. The zero-order chi connectivity index (χ0) is 20.5. The molecule has 0 amide bonds. The SMILES string of the molecule is O=C(O)c1cc(F)ccc1/C=N/N(c1nc(-c2ccc(Cl)cc2)cs1)C1CC1F. The lowest BCUT2D eigenvalue weighted by Gasteiger charge is -2.14. The molecule has 2 unspecified atom stereocenters. The summed E-state index contributed by atoms with van der Waals surface area (Å²) in [5.74, 6) is -1.93. The fourth-order valence-electron chi connectivity index (χ4n) is 2.76. The fraction of sp³-hybridized carbons (Fsp3) is 0.150. The van der Waals surface area contributed by atoms with Gasteiger partial charge in [0.05, 0.1) is 23.5 Å². The van der Waals surface area contributed by atoms with Gasteiger partial charge in [0, 0.05) is 28.0 Å². The summed E-state index contributed by atoms with van der Waals surface area (Å²) in [5.41, 5.74) is 1.56. The Labute approximate surface area is 173 Å². The lowest BCUT2D eigenvalue weighted by atomic mass is 10.1. The van der Waals surface area contributed by atoms with Crippen LogP contribution in [0, 0.1) is 5.82 Å². The van der Waals surface area contributed by atoms with Crippen molar-refractivity contribution in [2.75, 3.05) is 5.01 Å². The van der Waals surface area contributed by atoms with Crippen LogP contribution in [0.3, 0.4) is 0 Å². The smallest absolute Gasteiger partial charge is 0.336 e. The van der Waals surface area contributed by atoms with Crippen LogP contribution in [0.15, 0.2) is 52.9 Å². The second-order valence-corrected chi connectivity index (χ2v) is 7.74. The van der Waals surface area contributed by atoms with Gasteiger partial charge in [-0.15, -0.1) is 11.3 Å². The zero-order valence-corrected chi connectivity index (χ0v) is 16.4. The molecule has 0 radical (unpaired) electrons. The molecule has 1 aliphatic carbocycles. The second-order valence-electron chi connectivity index (χ2n) is 6.47. The molecule has 1 saturated carbocycles. The summed E-state index contributed by atoms with van der Waals surface area (Å²) >= 11 is 7.21. The molecule has 2 atom stereocenters. The molecule has 3 aromatic rings. The molecular formula is C20H14ClF2N3O2S. The molecule has 1 aromatic heterocycles. The average Bonchev–Trinajstić information content (AvgIpc) is 3.21. The molecule has 29 heavy (non-hydrogen) atoms. The predicted molar refractivity (Wildman–Crippen MR) is 109 cm³/mol. The Balaban J connectivity index is 1.64. The lowest BCUT2D eigenvalue weighted by molar-refractivity contribution is 0.0696. The highest BCUT2D eigenvalue weighted by atomic mass is 35.5. The average molecular weight is 434 g/mol. The molecule has 4 rings (SSSR count). The van der Waals surface area contributed by atoms with E-state index in [0.717, 1.165) is 17.7 Å². The van der Waals surface area contributed by atoms with E-state index in [-0.39, 0.29) is 11.1 Å². The Morgan fingerprint density at radius 3 is 2.69 bits per heavy atom. The third kappa shape index (κ3) is 4.28. The van der Waals surface area contributed by atoms with Gasteiger partial charge < -0.3 is 5.11 Å². The van der Waals surface area contributed by atoms with E-state index >= 15 is 0 Å². The minimum absolute atomic E-state index is 0.217. The number of aromatic carboxylic acids is 1. The van der Waals surface area contributed by atoms with Crippen molar-refractivity contribution >= 4 is 40.3 Å². The van der Waals surface area contributed by atoms with Gasteiger partial charge in [-0.05, 0) is 30.3 Å². The Hall–Kier alpha value is -2.84. The minimum atomic E-state index is -1.27. The highest BCUT2D eigenvalue weighted by Gasteiger charge is 2.44. The van der Waals surface area contributed by atoms with E-state index in [1.54, 1.807) is 12.1 Å². The van der Waals surface area contributed by atoms with Crippen LogP contribution in [-0.2, 0) is 0 Å². The van der Waals surface area contributed by atoms with E-state index in [0.29, 0.717) is 22.3 Å². The number of carboxylic acid groups (broad SMARTS) is 1. The molecule has 148 valence electrons. The van der Waals surface area contributed by atoms with Gasteiger partial charge in [0.15, 0.2) is 0 Å². The number of halogens is 3. The Bertz CT molecular complexity index is 1090. The van der Waals surface area contributed by atoms with Gasteiger partial charge in [-0.25, -0.2) is 23.6 Å². The normalized spacial score (nSPS) is 18.2. The van der Waals surface area contributed by atoms with Crippen LogP contribution in [0.2, 0.25) is 5.02 Å². The van der Waals surface area contributed by atoms with Crippen molar-refractivity contribution in [1.82, 2.24) is 4.98 Å². The maximum atomic E-state index is 13.8. The van der Waals surface area contributed by atoms with E-state index in [9.17, 15) is 18.7 Å². The summed E-state index contributed by atoms with van der Waals surface area (Å²) in [6.45, 7) is 0. The number of carbonyl (C=O) groups is 1. The van der Waals surface area contributed by atoms with Crippen LogP contribution < -0.4 is 5.01 Å². The Morgan fingerprint density at radius 2 is 2.03 bits per heavy atom. The van der Waals surface area contributed by atoms with Crippen molar-refractivity contribution in [3.8, 4) is 11.3 Å². The maximum absolute atomic E-state index is 13.8. The summed E-state index contributed by atoms with van der Waals surface area (Å²) in [4.78, 5) is 15.9. The molecule has 1 heterocycles. The van der Waals surface area contributed by atoms with Crippen molar-refractivity contribution in [3.63, 3.8) is 0 Å². The monoisotopic (exact) mass is 433 g/mol. The molecule has 5 nitrogen and oxygen atoms in total.